The van der Waals surface area contributed by atoms with Crippen molar-refractivity contribution in [2.45, 2.75) is 53.6 Å². The van der Waals surface area contributed by atoms with Crippen molar-refractivity contribution in [2.75, 3.05) is 0 Å². The van der Waals surface area contributed by atoms with Crippen molar-refractivity contribution in [3.8, 4) is 0 Å². The molecule has 1 heteroatoms. The first-order chi connectivity index (χ1) is 8.91. The van der Waals surface area contributed by atoms with Crippen molar-refractivity contribution >= 4 is 9.52 Å². The molecule has 2 aliphatic carbocycles. The van der Waals surface area contributed by atoms with Crippen molar-refractivity contribution in [1.29, 1.82) is 0 Å². The van der Waals surface area contributed by atoms with Crippen LogP contribution < -0.4 is 0 Å². The average Bonchev–Trinajstić information content (AvgIpc) is 2.72. The van der Waals surface area contributed by atoms with E-state index in [0.29, 0.717) is 9.52 Å². The summed E-state index contributed by atoms with van der Waals surface area (Å²) in [4.78, 5) is 0. The van der Waals surface area contributed by atoms with Gasteiger partial charge in [-0.1, -0.05) is 57.7 Å². The van der Waals surface area contributed by atoms with Gasteiger partial charge < -0.3 is 0 Å². The lowest BCUT2D eigenvalue weighted by Gasteiger charge is -2.18. The van der Waals surface area contributed by atoms with E-state index in [1.165, 1.54) is 23.2 Å². The van der Waals surface area contributed by atoms with Gasteiger partial charge in [0.25, 0.3) is 0 Å². The third-order valence-corrected chi connectivity index (χ3v) is 6.69. The van der Waals surface area contributed by atoms with Crippen LogP contribution in [0.1, 0.15) is 41.5 Å². The van der Waals surface area contributed by atoms with Gasteiger partial charge in [-0.05, 0) is 53.4 Å². The largest absolute Gasteiger partial charge is 0.0662 e. The van der Waals surface area contributed by atoms with E-state index in [4.69, 9.17) is 0 Å². The summed E-state index contributed by atoms with van der Waals surface area (Å²) in [5, 5.41) is 0. The van der Waals surface area contributed by atoms with E-state index in [-0.39, 0.29) is 0 Å². The molecule has 0 bridgehead atoms. The zero-order chi connectivity index (χ0) is 14.2. The summed E-state index contributed by atoms with van der Waals surface area (Å²) in [6.45, 7) is 13.8. The molecule has 19 heavy (non-hydrogen) atoms. The fourth-order valence-corrected chi connectivity index (χ4v) is 5.81. The Morgan fingerprint density at radius 2 is 1.11 bits per heavy atom. The van der Waals surface area contributed by atoms with Crippen LogP contribution >= 0.6 is 0 Å². The summed E-state index contributed by atoms with van der Waals surface area (Å²) in [5.74, 6) is 1.51. The molecular weight excluding hydrogens is 244 g/mol. The minimum absolute atomic E-state index is 0.552. The molecule has 2 unspecified atom stereocenters. The molecule has 0 aliphatic heterocycles. The van der Waals surface area contributed by atoms with Gasteiger partial charge in [0.1, 0.15) is 0 Å². The Kier molecular flexibility index (Phi) is 4.35. The van der Waals surface area contributed by atoms with Crippen molar-refractivity contribution in [2.24, 2.45) is 11.8 Å². The molecule has 0 saturated heterocycles. The molecule has 0 aromatic heterocycles. The second-order valence-electron chi connectivity index (χ2n) is 6.37. The molecule has 0 fully saturated rings. The molecule has 2 rings (SSSR count). The Hall–Kier alpha value is -0.823. The van der Waals surface area contributed by atoms with Crippen LogP contribution in [0.3, 0.4) is 0 Å². The van der Waals surface area contributed by atoms with Gasteiger partial charge in [0.2, 0.25) is 0 Å². The Labute approximate surface area is 121 Å². The van der Waals surface area contributed by atoms with Crippen molar-refractivity contribution in [3.05, 3.63) is 45.6 Å². The molecule has 0 aromatic rings. The smallest absolute Gasteiger partial charge is 0.0299 e. The first-order valence-corrected chi connectivity index (χ1v) is 9.08. The summed E-state index contributed by atoms with van der Waals surface area (Å²) in [5.41, 5.74) is 9.42. The van der Waals surface area contributed by atoms with Gasteiger partial charge in [0.05, 0.1) is 0 Å². The fourth-order valence-electron chi connectivity index (χ4n) is 3.50. The van der Waals surface area contributed by atoms with Crippen molar-refractivity contribution in [1.82, 2.24) is 0 Å². The van der Waals surface area contributed by atoms with Crippen LogP contribution in [0.5, 0.6) is 0 Å². The zero-order valence-corrected chi connectivity index (χ0v) is 14.5. The highest BCUT2D eigenvalue weighted by molar-refractivity contribution is 6.36. The molecule has 0 N–H and O–H groups in total. The minimum Gasteiger partial charge on any atom is -0.0662 e. The fraction of sp³-hybridized carbons (Fsp3) is 0.556. The standard InChI is InChI=1S/C18H27Si/c1-11-7-13(3)17(15(11)5)9-19-10-18-14(4)8-12(2)16(18)6/h7-8,17-19H,9-10H2,1-6H3. The normalized spacial score (nSPS) is 27.3. The summed E-state index contributed by atoms with van der Waals surface area (Å²) >= 11 is 0. The second kappa shape index (κ2) is 5.66. The Morgan fingerprint density at radius 3 is 1.37 bits per heavy atom. The Morgan fingerprint density at radius 1 is 0.737 bits per heavy atom. The lowest BCUT2D eigenvalue weighted by molar-refractivity contribution is 0.778. The number of allylic oxidation sites excluding steroid dienone is 8. The lowest BCUT2D eigenvalue weighted by Crippen LogP contribution is -2.09. The SMILES string of the molecule is CC1=CC(C)=C(C)C1C[SiH]CC1C(C)=CC(C)=C1C. The van der Waals surface area contributed by atoms with Crippen LogP contribution in [0.25, 0.3) is 0 Å². The van der Waals surface area contributed by atoms with E-state index in [9.17, 15) is 0 Å². The average molecular weight is 272 g/mol. The van der Waals surface area contributed by atoms with Crippen LogP contribution in [0.2, 0.25) is 12.1 Å². The summed E-state index contributed by atoms with van der Waals surface area (Å²) in [6, 6.07) is 2.81. The second-order valence-corrected chi connectivity index (χ2v) is 7.89. The van der Waals surface area contributed by atoms with Gasteiger partial charge in [-0.2, -0.15) is 0 Å². The maximum Gasteiger partial charge on any atom is 0.0299 e. The van der Waals surface area contributed by atoms with Crippen LogP contribution in [0.4, 0.5) is 0 Å². The molecule has 0 aromatic carbocycles. The molecule has 1 radical (unpaired) electrons. The first-order valence-electron chi connectivity index (χ1n) is 7.44. The van der Waals surface area contributed by atoms with E-state index in [1.807, 2.05) is 0 Å². The van der Waals surface area contributed by atoms with E-state index < -0.39 is 0 Å². The first kappa shape index (κ1) is 14.6. The molecule has 0 heterocycles. The summed E-state index contributed by atoms with van der Waals surface area (Å²) in [7, 11) is 0.552. The van der Waals surface area contributed by atoms with Crippen LogP contribution in [0, 0.1) is 11.8 Å². The zero-order valence-electron chi connectivity index (χ0n) is 13.3. The summed E-state index contributed by atoms with van der Waals surface area (Å²) < 4.78 is 0. The topological polar surface area (TPSA) is 0 Å². The highest BCUT2D eigenvalue weighted by Crippen LogP contribution is 2.37. The molecule has 103 valence electrons. The highest BCUT2D eigenvalue weighted by Gasteiger charge is 2.23. The summed E-state index contributed by atoms with van der Waals surface area (Å²) in [6.07, 6.45) is 4.77. The number of hydrogen-bond donors (Lipinski definition) is 0. The molecule has 0 saturated carbocycles. The van der Waals surface area contributed by atoms with Crippen LogP contribution in [-0.4, -0.2) is 9.52 Å². The van der Waals surface area contributed by atoms with E-state index in [2.05, 4.69) is 53.7 Å². The molecule has 2 aliphatic rings. The van der Waals surface area contributed by atoms with E-state index in [1.54, 1.807) is 22.3 Å². The Bertz CT molecular complexity index is 454. The number of rotatable bonds is 4. The lowest BCUT2D eigenvalue weighted by atomic mass is 9.99. The maximum atomic E-state index is 2.38. The highest BCUT2D eigenvalue weighted by atomic mass is 28.2. The number of hydrogen-bond acceptors (Lipinski definition) is 0. The van der Waals surface area contributed by atoms with Gasteiger partial charge in [-0.15, -0.1) is 0 Å². The van der Waals surface area contributed by atoms with Gasteiger partial charge in [0, 0.05) is 9.52 Å². The van der Waals surface area contributed by atoms with E-state index in [0.717, 1.165) is 11.8 Å². The Balaban J connectivity index is 1.89. The monoisotopic (exact) mass is 271 g/mol. The van der Waals surface area contributed by atoms with Gasteiger partial charge in [0.15, 0.2) is 0 Å². The van der Waals surface area contributed by atoms with Crippen molar-refractivity contribution in [3.63, 3.8) is 0 Å². The van der Waals surface area contributed by atoms with Crippen LogP contribution in [0.15, 0.2) is 45.6 Å². The quantitative estimate of drug-likeness (QED) is 0.625. The predicted molar refractivity (Wildman–Crippen MR) is 88.0 cm³/mol. The third kappa shape index (κ3) is 2.86. The molecule has 2 atom stereocenters. The van der Waals surface area contributed by atoms with Gasteiger partial charge in [-0.3, -0.25) is 0 Å². The third-order valence-electron chi connectivity index (χ3n) is 5.08. The predicted octanol–water partition coefficient (Wildman–Crippen LogP) is 5.08. The van der Waals surface area contributed by atoms with Gasteiger partial charge in [-0.25, -0.2) is 0 Å². The molecule has 0 nitrogen and oxygen atoms in total. The molecular formula is C18H27Si. The minimum atomic E-state index is 0.552. The van der Waals surface area contributed by atoms with E-state index >= 15 is 0 Å². The van der Waals surface area contributed by atoms with Gasteiger partial charge >= 0.3 is 0 Å². The van der Waals surface area contributed by atoms with Crippen molar-refractivity contribution < 1.29 is 0 Å². The molecule has 0 spiro atoms. The van der Waals surface area contributed by atoms with Crippen LogP contribution in [-0.2, 0) is 0 Å². The molecule has 0 amide bonds. The maximum absolute atomic E-state index is 2.38.